The van der Waals surface area contributed by atoms with E-state index in [9.17, 15) is 4.79 Å². The molecule has 1 aromatic rings. The molecule has 0 aliphatic heterocycles. The van der Waals surface area contributed by atoms with Crippen LogP contribution >= 0.6 is 0 Å². The fraction of sp³-hybridized carbons (Fsp3) is 0.182. The van der Waals surface area contributed by atoms with Gasteiger partial charge in [0.25, 0.3) is 0 Å². The SMILES string of the molecule is C=Cc1oc(=O)cc(C)c1C(=C)C. The van der Waals surface area contributed by atoms with Gasteiger partial charge in [-0.3, -0.25) is 0 Å². The van der Waals surface area contributed by atoms with Crippen molar-refractivity contribution in [2.24, 2.45) is 0 Å². The quantitative estimate of drug-likeness (QED) is 0.693. The Balaban J connectivity index is 3.56. The fourth-order valence-corrected chi connectivity index (χ4v) is 1.32. The minimum Gasteiger partial charge on any atom is -0.423 e. The van der Waals surface area contributed by atoms with Gasteiger partial charge < -0.3 is 4.42 Å². The van der Waals surface area contributed by atoms with Gasteiger partial charge >= 0.3 is 5.63 Å². The first-order valence-corrected chi connectivity index (χ1v) is 3.99. The average molecular weight is 176 g/mol. The van der Waals surface area contributed by atoms with E-state index in [1.807, 2.05) is 13.8 Å². The highest BCUT2D eigenvalue weighted by atomic mass is 16.4. The molecule has 1 rings (SSSR count). The van der Waals surface area contributed by atoms with Crippen LogP contribution < -0.4 is 5.63 Å². The van der Waals surface area contributed by atoms with Gasteiger partial charge in [-0.1, -0.05) is 13.2 Å². The molecular weight excluding hydrogens is 164 g/mol. The molecule has 2 heteroatoms. The number of aryl methyl sites for hydroxylation is 1. The zero-order chi connectivity index (χ0) is 10.0. The highest BCUT2D eigenvalue weighted by Gasteiger charge is 2.07. The summed E-state index contributed by atoms with van der Waals surface area (Å²) in [6.45, 7) is 11.1. The lowest BCUT2D eigenvalue weighted by atomic mass is 10.0. The monoisotopic (exact) mass is 176 g/mol. The van der Waals surface area contributed by atoms with Gasteiger partial charge in [0.2, 0.25) is 0 Å². The molecule has 0 fully saturated rings. The van der Waals surface area contributed by atoms with E-state index in [1.165, 1.54) is 12.1 Å². The van der Waals surface area contributed by atoms with E-state index in [2.05, 4.69) is 13.2 Å². The van der Waals surface area contributed by atoms with Gasteiger partial charge in [-0.15, -0.1) is 0 Å². The maximum absolute atomic E-state index is 11.0. The molecule has 0 amide bonds. The molecule has 0 spiro atoms. The summed E-state index contributed by atoms with van der Waals surface area (Å²) < 4.78 is 4.97. The summed E-state index contributed by atoms with van der Waals surface area (Å²) in [5.41, 5.74) is 2.27. The van der Waals surface area contributed by atoms with Crippen molar-refractivity contribution in [3.05, 3.63) is 46.5 Å². The third kappa shape index (κ3) is 1.78. The molecule has 0 bridgehead atoms. The number of hydrogen-bond donors (Lipinski definition) is 0. The molecule has 1 aromatic heterocycles. The second kappa shape index (κ2) is 3.44. The van der Waals surface area contributed by atoms with Crippen molar-refractivity contribution >= 4 is 11.6 Å². The van der Waals surface area contributed by atoms with Crippen LogP contribution in [0, 0.1) is 6.92 Å². The van der Waals surface area contributed by atoms with Gasteiger partial charge in [0, 0.05) is 11.6 Å². The van der Waals surface area contributed by atoms with Crippen LogP contribution in [0.25, 0.3) is 11.6 Å². The smallest absolute Gasteiger partial charge is 0.336 e. The molecule has 0 aliphatic carbocycles. The molecule has 0 aliphatic rings. The zero-order valence-electron chi connectivity index (χ0n) is 7.89. The Hall–Kier alpha value is -1.57. The number of rotatable bonds is 2. The lowest BCUT2D eigenvalue weighted by molar-refractivity contribution is 0.498. The minimum absolute atomic E-state index is 0.350. The average Bonchev–Trinajstić information content (AvgIpc) is 2.01. The first-order valence-electron chi connectivity index (χ1n) is 3.99. The molecule has 1 heterocycles. The Kier molecular flexibility index (Phi) is 2.52. The van der Waals surface area contributed by atoms with E-state index in [-0.39, 0.29) is 5.63 Å². The molecule has 0 atom stereocenters. The fourth-order valence-electron chi connectivity index (χ4n) is 1.32. The summed E-state index contributed by atoms with van der Waals surface area (Å²) in [5, 5.41) is 0. The summed E-state index contributed by atoms with van der Waals surface area (Å²) in [5.74, 6) is 0.498. The molecule has 13 heavy (non-hydrogen) atoms. The molecule has 0 aromatic carbocycles. The van der Waals surface area contributed by atoms with E-state index >= 15 is 0 Å². The zero-order valence-corrected chi connectivity index (χ0v) is 7.89. The van der Waals surface area contributed by atoms with Crippen molar-refractivity contribution in [1.82, 2.24) is 0 Å². The Morgan fingerprint density at radius 1 is 1.62 bits per heavy atom. The van der Waals surface area contributed by atoms with Crippen LogP contribution in [0.3, 0.4) is 0 Å². The Morgan fingerprint density at radius 2 is 2.23 bits per heavy atom. The molecule has 0 saturated carbocycles. The second-order valence-electron chi connectivity index (χ2n) is 2.97. The van der Waals surface area contributed by atoms with Crippen molar-refractivity contribution in [1.29, 1.82) is 0 Å². The van der Waals surface area contributed by atoms with Gasteiger partial charge in [0.1, 0.15) is 5.76 Å². The van der Waals surface area contributed by atoms with Gasteiger partial charge in [0.05, 0.1) is 0 Å². The topological polar surface area (TPSA) is 30.2 Å². The summed E-state index contributed by atoms with van der Waals surface area (Å²) >= 11 is 0. The van der Waals surface area contributed by atoms with Crippen LogP contribution in [0.2, 0.25) is 0 Å². The number of allylic oxidation sites excluding steroid dienone is 1. The van der Waals surface area contributed by atoms with Crippen molar-refractivity contribution in [3.63, 3.8) is 0 Å². The van der Waals surface area contributed by atoms with Crippen LogP contribution in [0.15, 0.2) is 28.4 Å². The van der Waals surface area contributed by atoms with Crippen molar-refractivity contribution in [2.75, 3.05) is 0 Å². The van der Waals surface area contributed by atoms with Gasteiger partial charge in [-0.05, 0) is 31.1 Å². The molecule has 0 radical (unpaired) electrons. The normalized spacial score (nSPS) is 9.69. The minimum atomic E-state index is -0.350. The Labute approximate surface area is 77.2 Å². The first-order chi connectivity index (χ1) is 6.06. The van der Waals surface area contributed by atoms with E-state index in [0.717, 1.165) is 16.7 Å². The molecular formula is C11H12O2. The highest BCUT2D eigenvalue weighted by Crippen LogP contribution is 2.20. The van der Waals surface area contributed by atoms with Crippen molar-refractivity contribution in [2.45, 2.75) is 13.8 Å². The van der Waals surface area contributed by atoms with E-state index in [4.69, 9.17) is 4.42 Å². The van der Waals surface area contributed by atoms with Crippen molar-refractivity contribution in [3.8, 4) is 0 Å². The third-order valence-corrected chi connectivity index (χ3v) is 1.80. The lowest BCUT2D eigenvalue weighted by Crippen LogP contribution is -2.02. The second-order valence-corrected chi connectivity index (χ2v) is 2.97. The predicted octanol–water partition coefficient (Wildman–Crippen LogP) is 2.62. The molecule has 2 nitrogen and oxygen atoms in total. The molecule has 68 valence electrons. The molecule has 0 saturated heterocycles. The van der Waals surface area contributed by atoms with E-state index in [1.54, 1.807) is 0 Å². The lowest BCUT2D eigenvalue weighted by Gasteiger charge is -2.06. The first kappa shape index (κ1) is 9.52. The summed E-state index contributed by atoms with van der Waals surface area (Å²) in [6, 6.07) is 1.46. The molecule has 0 unspecified atom stereocenters. The van der Waals surface area contributed by atoms with Crippen LogP contribution in [-0.2, 0) is 0 Å². The third-order valence-electron chi connectivity index (χ3n) is 1.80. The van der Waals surface area contributed by atoms with Gasteiger partial charge in [-0.25, -0.2) is 4.79 Å². The maximum Gasteiger partial charge on any atom is 0.336 e. The predicted molar refractivity (Wildman–Crippen MR) is 54.5 cm³/mol. The maximum atomic E-state index is 11.0. The standard InChI is InChI=1S/C11H12O2/c1-5-9-11(7(2)3)8(4)6-10(12)13-9/h5-6H,1-2H2,3-4H3. The summed E-state index contributed by atoms with van der Waals surface area (Å²) in [4.78, 5) is 11.0. The van der Waals surface area contributed by atoms with Gasteiger partial charge in [-0.2, -0.15) is 0 Å². The van der Waals surface area contributed by atoms with Crippen LogP contribution in [-0.4, -0.2) is 0 Å². The summed E-state index contributed by atoms with van der Waals surface area (Å²) in [7, 11) is 0. The van der Waals surface area contributed by atoms with Crippen LogP contribution in [0.4, 0.5) is 0 Å². The summed E-state index contributed by atoms with van der Waals surface area (Å²) in [6.07, 6.45) is 1.53. The Morgan fingerprint density at radius 3 is 2.69 bits per heavy atom. The highest BCUT2D eigenvalue weighted by molar-refractivity contribution is 5.70. The largest absolute Gasteiger partial charge is 0.423 e. The number of hydrogen-bond acceptors (Lipinski definition) is 2. The van der Waals surface area contributed by atoms with E-state index < -0.39 is 0 Å². The van der Waals surface area contributed by atoms with E-state index in [0.29, 0.717) is 5.76 Å². The van der Waals surface area contributed by atoms with Crippen LogP contribution in [0.1, 0.15) is 23.8 Å². The van der Waals surface area contributed by atoms with Crippen molar-refractivity contribution < 1.29 is 4.42 Å². The molecule has 0 N–H and O–H groups in total. The van der Waals surface area contributed by atoms with Gasteiger partial charge in [0.15, 0.2) is 0 Å². The Bertz CT molecular complexity index is 411. The van der Waals surface area contributed by atoms with Crippen LogP contribution in [0.5, 0.6) is 0 Å².